The molecular weight excluding hydrogens is 300 g/mol. The van der Waals surface area contributed by atoms with Crippen molar-refractivity contribution >= 4 is 16.8 Å². The Kier molecular flexibility index (Phi) is 3.31. The molecule has 0 amide bonds. The van der Waals surface area contributed by atoms with Gasteiger partial charge < -0.3 is 9.40 Å². The largest absolute Gasteiger partial charge is 0.469 e. The highest BCUT2D eigenvalue weighted by atomic mass is 16.3. The second kappa shape index (κ2) is 5.49. The van der Waals surface area contributed by atoms with E-state index in [0.717, 1.165) is 33.7 Å². The van der Waals surface area contributed by atoms with E-state index in [1.165, 1.54) is 0 Å². The fourth-order valence-electron chi connectivity index (χ4n) is 2.95. The van der Waals surface area contributed by atoms with E-state index in [4.69, 9.17) is 4.42 Å². The van der Waals surface area contributed by atoms with E-state index in [9.17, 15) is 4.79 Å². The molecular formula is C20H16N2O2. The molecule has 0 saturated heterocycles. The maximum Gasteiger partial charge on any atom is 0.193 e. The maximum absolute atomic E-state index is 12.6. The third-order valence-electron chi connectivity index (χ3n) is 4.18. The van der Waals surface area contributed by atoms with Crippen molar-refractivity contribution in [3.63, 3.8) is 0 Å². The lowest BCUT2D eigenvalue weighted by atomic mass is 10.0. The molecule has 2 aromatic heterocycles. The number of carbonyl (C=O) groups is 1. The molecule has 0 aliphatic heterocycles. The van der Waals surface area contributed by atoms with E-state index < -0.39 is 0 Å². The number of hydrogen-bond acceptors (Lipinski definition) is 3. The molecule has 0 aliphatic rings. The molecule has 2 aromatic carbocycles. The first kappa shape index (κ1) is 14.5. The number of benzene rings is 2. The molecule has 0 fully saturated rings. The van der Waals surface area contributed by atoms with Gasteiger partial charge in [-0.05, 0) is 37.6 Å². The average Bonchev–Trinajstić information content (AvgIpc) is 3.16. The van der Waals surface area contributed by atoms with E-state index in [1.54, 1.807) is 6.26 Å². The fourth-order valence-corrected chi connectivity index (χ4v) is 2.95. The number of fused-ring (bicyclic) bond motifs is 1. The highest BCUT2D eigenvalue weighted by Gasteiger charge is 2.15. The third-order valence-corrected chi connectivity index (χ3v) is 4.18. The van der Waals surface area contributed by atoms with Gasteiger partial charge >= 0.3 is 0 Å². The van der Waals surface area contributed by atoms with Crippen LogP contribution >= 0.6 is 0 Å². The first-order chi connectivity index (χ1) is 11.6. The number of nitrogens with zero attached hydrogens (tertiary/aromatic N) is 1. The summed E-state index contributed by atoms with van der Waals surface area (Å²) in [6.07, 6.45) is 1.72. The van der Waals surface area contributed by atoms with Gasteiger partial charge in [0.2, 0.25) is 0 Å². The molecule has 4 nitrogen and oxygen atoms in total. The first-order valence-electron chi connectivity index (χ1n) is 7.78. The molecule has 4 aromatic rings. The molecule has 0 atom stereocenters. The van der Waals surface area contributed by atoms with Gasteiger partial charge in [0.05, 0.1) is 22.9 Å². The van der Waals surface area contributed by atoms with Crippen LogP contribution in [0.15, 0.2) is 59.2 Å². The zero-order valence-electron chi connectivity index (χ0n) is 13.5. The van der Waals surface area contributed by atoms with Crippen molar-refractivity contribution in [1.82, 2.24) is 9.97 Å². The van der Waals surface area contributed by atoms with E-state index in [2.05, 4.69) is 9.97 Å². The van der Waals surface area contributed by atoms with Crippen molar-refractivity contribution in [2.75, 3.05) is 0 Å². The number of nitrogens with one attached hydrogen (secondary N) is 1. The van der Waals surface area contributed by atoms with Crippen LogP contribution in [-0.4, -0.2) is 15.8 Å². The van der Waals surface area contributed by atoms with Crippen molar-refractivity contribution < 1.29 is 9.21 Å². The molecule has 0 spiro atoms. The van der Waals surface area contributed by atoms with Gasteiger partial charge in [0.25, 0.3) is 0 Å². The number of carbonyl (C=O) groups excluding carboxylic acids is 1. The molecule has 0 unspecified atom stereocenters. The minimum atomic E-state index is 0.00400. The normalized spacial score (nSPS) is 11.1. The van der Waals surface area contributed by atoms with E-state index in [0.29, 0.717) is 11.1 Å². The quantitative estimate of drug-likeness (QED) is 0.559. The first-order valence-corrected chi connectivity index (χ1v) is 7.78. The Morgan fingerprint density at radius 2 is 1.83 bits per heavy atom. The number of imidazole rings is 1. The summed E-state index contributed by atoms with van der Waals surface area (Å²) < 4.78 is 5.45. The van der Waals surface area contributed by atoms with Gasteiger partial charge in [0, 0.05) is 11.1 Å². The zero-order valence-corrected chi connectivity index (χ0v) is 13.5. The summed E-state index contributed by atoms with van der Waals surface area (Å²) in [5, 5.41) is 0. The number of hydrogen-bond donors (Lipinski definition) is 1. The van der Waals surface area contributed by atoms with Crippen molar-refractivity contribution in [2.45, 2.75) is 13.8 Å². The van der Waals surface area contributed by atoms with Crippen LogP contribution in [0.25, 0.3) is 22.4 Å². The molecule has 0 radical (unpaired) electrons. The van der Waals surface area contributed by atoms with Crippen molar-refractivity contribution in [3.8, 4) is 11.4 Å². The average molecular weight is 316 g/mol. The number of H-pyrrole nitrogens is 1. The maximum atomic E-state index is 12.6. The molecule has 1 N–H and O–H groups in total. The Hall–Kier alpha value is -3.14. The van der Waals surface area contributed by atoms with Crippen LogP contribution in [0.4, 0.5) is 0 Å². The molecule has 4 heteroatoms. The van der Waals surface area contributed by atoms with Gasteiger partial charge in [-0.2, -0.15) is 0 Å². The minimum absolute atomic E-state index is 0.00400. The van der Waals surface area contributed by atoms with E-state index in [-0.39, 0.29) is 5.78 Å². The predicted molar refractivity (Wildman–Crippen MR) is 93.1 cm³/mol. The summed E-state index contributed by atoms with van der Waals surface area (Å²) >= 11 is 0. The molecule has 0 aliphatic carbocycles. The third kappa shape index (κ3) is 2.33. The lowest BCUT2D eigenvalue weighted by molar-refractivity contribution is 0.103. The second-order valence-corrected chi connectivity index (χ2v) is 5.86. The standard InChI is InChI=1S/C20H16N2O2/c1-12-11-24-13(2)18(12)20-21-16-9-8-15(10-17(16)22-20)19(23)14-6-4-3-5-7-14/h3-11H,1-2H3,(H,21,22). The van der Waals surface area contributed by atoms with Gasteiger partial charge in [-0.25, -0.2) is 4.98 Å². The van der Waals surface area contributed by atoms with Crippen molar-refractivity contribution in [2.24, 2.45) is 0 Å². The van der Waals surface area contributed by atoms with Crippen LogP contribution < -0.4 is 0 Å². The van der Waals surface area contributed by atoms with E-state index >= 15 is 0 Å². The van der Waals surface area contributed by atoms with Gasteiger partial charge in [-0.3, -0.25) is 4.79 Å². The van der Waals surface area contributed by atoms with E-state index in [1.807, 2.05) is 62.4 Å². The van der Waals surface area contributed by atoms with Crippen LogP contribution in [0.5, 0.6) is 0 Å². The molecule has 0 bridgehead atoms. The highest BCUT2D eigenvalue weighted by molar-refractivity contribution is 6.10. The molecule has 118 valence electrons. The number of aromatic nitrogens is 2. The topological polar surface area (TPSA) is 58.9 Å². The Morgan fingerprint density at radius 1 is 1.04 bits per heavy atom. The van der Waals surface area contributed by atoms with Crippen LogP contribution in [0.1, 0.15) is 27.2 Å². The molecule has 24 heavy (non-hydrogen) atoms. The summed E-state index contributed by atoms with van der Waals surface area (Å²) in [4.78, 5) is 20.5. The van der Waals surface area contributed by atoms with Crippen LogP contribution in [0.2, 0.25) is 0 Å². The van der Waals surface area contributed by atoms with Crippen LogP contribution in [-0.2, 0) is 0 Å². The Bertz CT molecular complexity index is 1020. The monoisotopic (exact) mass is 316 g/mol. The Morgan fingerprint density at radius 3 is 2.54 bits per heavy atom. The molecule has 2 heterocycles. The van der Waals surface area contributed by atoms with Crippen LogP contribution in [0, 0.1) is 13.8 Å². The minimum Gasteiger partial charge on any atom is -0.469 e. The number of furan rings is 1. The number of aryl methyl sites for hydroxylation is 2. The smallest absolute Gasteiger partial charge is 0.193 e. The lowest BCUT2D eigenvalue weighted by Gasteiger charge is -2.00. The summed E-state index contributed by atoms with van der Waals surface area (Å²) in [5.74, 6) is 1.59. The highest BCUT2D eigenvalue weighted by Crippen LogP contribution is 2.28. The summed E-state index contributed by atoms with van der Waals surface area (Å²) in [7, 11) is 0. The number of rotatable bonds is 3. The zero-order chi connectivity index (χ0) is 16.7. The fraction of sp³-hybridized carbons (Fsp3) is 0.100. The second-order valence-electron chi connectivity index (χ2n) is 5.86. The molecule has 4 rings (SSSR count). The van der Waals surface area contributed by atoms with Gasteiger partial charge in [0.1, 0.15) is 11.6 Å². The summed E-state index contributed by atoms with van der Waals surface area (Å²) in [6, 6.07) is 14.8. The summed E-state index contributed by atoms with van der Waals surface area (Å²) in [5.41, 5.74) is 5.00. The van der Waals surface area contributed by atoms with Crippen molar-refractivity contribution in [1.29, 1.82) is 0 Å². The SMILES string of the molecule is Cc1coc(C)c1-c1nc2ccc(C(=O)c3ccccc3)cc2[nH]1. The lowest BCUT2D eigenvalue weighted by Crippen LogP contribution is -2.00. The van der Waals surface area contributed by atoms with Gasteiger partial charge in [-0.1, -0.05) is 30.3 Å². The Labute approximate surface area is 139 Å². The summed E-state index contributed by atoms with van der Waals surface area (Å²) in [6.45, 7) is 3.91. The molecule has 0 saturated carbocycles. The van der Waals surface area contributed by atoms with Crippen LogP contribution in [0.3, 0.4) is 0 Å². The predicted octanol–water partition coefficient (Wildman–Crippen LogP) is 4.67. The Balaban J connectivity index is 1.78. The van der Waals surface area contributed by atoms with Gasteiger partial charge in [0.15, 0.2) is 5.78 Å². The van der Waals surface area contributed by atoms with Gasteiger partial charge in [-0.15, -0.1) is 0 Å². The van der Waals surface area contributed by atoms with Crippen molar-refractivity contribution in [3.05, 3.63) is 77.2 Å². The number of ketones is 1. The number of aromatic amines is 1.